The van der Waals surface area contributed by atoms with Gasteiger partial charge in [-0.1, -0.05) is 24.3 Å². The largest absolute Gasteiger partial charge is 0.503 e. The van der Waals surface area contributed by atoms with Crippen molar-refractivity contribution in [1.29, 1.82) is 0 Å². The lowest BCUT2D eigenvalue weighted by Gasteiger charge is -2.15. The Kier molecular flexibility index (Phi) is 7.62. The van der Waals surface area contributed by atoms with Gasteiger partial charge in [0.15, 0.2) is 5.69 Å². The molecule has 0 radical (unpaired) electrons. The summed E-state index contributed by atoms with van der Waals surface area (Å²) in [5.74, 6) is -0.962. The predicted molar refractivity (Wildman–Crippen MR) is 101 cm³/mol. The first-order chi connectivity index (χ1) is 14.2. The lowest BCUT2D eigenvalue weighted by Crippen LogP contribution is -2.14. The summed E-state index contributed by atoms with van der Waals surface area (Å²) in [6, 6.07) is 6.90. The van der Waals surface area contributed by atoms with E-state index in [2.05, 4.69) is 9.97 Å². The summed E-state index contributed by atoms with van der Waals surface area (Å²) in [5, 5.41) is 0. The number of methoxy groups -OCH3 is 2. The highest BCUT2D eigenvalue weighted by Gasteiger charge is 2.34. The first-order valence-corrected chi connectivity index (χ1v) is 8.81. The summed E-state index contributed by atoms with van der Waals surface area (Å²) < 4.78 is 59.8. The van der Waals surface area contributed by atoms with Crippen LogP contribution in [0.25, 0.3) is 5.57 Å². The standard InChI is InChI=1S/C20H21F3N2O5/c1-12(2)30-19-24-16(20(21,22)23)9-17(25-19)29-10-13-7-5-6-8-14(13)15(11-27-3)18(26)28-4/h5-9,11-12H,10H2,1-4H3. The Balaban J connectivity index is 2.36. The number of esters is 1. The Morgan fingerprint density at radius 2 is 1.87 bits per heavy atom. The van der Waals surface area contributed by atoms with Gasteiger partial charge in [0.25, 0.3) is 0 Å². The van der Waals surface area contributed by atoms with E-state index in [-0.39, 0.29) is 18.1 Å². The van der Waals surface area contributed by atoms with E-state index >= 15 is 0 Å². The number of benzene rings is 1. The van der Waals surface area contributed by atoms with Gasteiger partial charge in [-0.05, 0) is 25.0 Å². The summed E-state index contributed by atoms with van der Waals surface area (Å²) in [5.41, 5.74) is -0.118. The number of hydrogen-bond acceptors (Lipinski definition) is 7. The van der Waals surface area contributed by atoms with Crippen LogP contribution < -0.4 is 9.47 Å². The van der Waals surface area contributed by atoms with Crippen molar-refractivity contribution in [3.05, 3.63) is 53.4 Å². The number of carbonyl (C=O) groups excluding carboxylic acids is 1. The number of nitrogens with zero attached hydrogens (tertiary/aromatic N) is 2. The second kappa shape index (κ2) is 9.95. The van der Waals surface area contributed by atoms with Crippen LogP contribution in [0.3, 0.4) is 0 Å². The van der Waals surface area contributed by atoms with Crippen LogP contribution in [0.15, 0.2) is 36.6 Å². The fourth-order valence-electron chi connectivity index (χ4n) is 2.40. The van der Waals surface area contributed by atoms with Crippen molar-refractivity contribution >= 4 is 11.5 Å². The molecule has 30 heavy (non-hydrogen) atoms. The molecule has 2 rings (SSSR count). The molecule has 0 saturated heterocycles. The number of ether oxygens (including phenoxy) is 4. The third-order valence-corrected chi connectivity index (χ3v) is 3.64. The van der Waals surface area contributed by atoms with E-state index < -0.39 is 30.0 Å². The first kappa shape index (κ1) is 23.0. The molecule has 1 aromatic heterocycles. The van der Waals surface area contributed by atoms with Crippen molar-refractivity contribution in [1.82, 2.24) is 9.97 Å². The summed E-state index contributed by atoms with van der Waals surface area (Å²) >= 11 is 0. The predicted octanol–water partition coefficient (Wildman–Crippen LogP) is 4.02. The van der Waals surface area contributed by atoms with E-state index in [0.29, 0.717) is 17.2 Å². The lowest BCUT2D eigenvalue weighted by atomic mass is 10.0. The second-order valence-electron chi connectivity index (χ2n) is 6.24. The molecule has 162 valence electrons. The van der Waals surface area contributed by atoms with Crippen molar-refractivity contribution in [2.45, 2.75) is 32.7 Å². The van der Waals surface area contributed by atoms with Crippen molar-refractivity contribution < 1.29 is 36.9 Å². The van der Waals surface area contributed by atoms with Gasteiger partial charge in [0.2, 0.25) is 5.88 Å². The summed E-state index contributed by atoms with van der Waals surface area (Å²) in [6.45, 7) is 3.09. The first-order valence-electron chi connectivity index (χ1n) is 8.81. The maximum atomic E-state index is 13.2. The van der Waals surface area contributed by atoms with Gasteiger partial charge >= 0.3 is 18.2 Å². The highest BCUT2D eigenvalue weighted by Crippen LogP contribution is 2.31. The lowest BCUT2D eigenvalue weighted by molar-refractivity contribution is -0.141. The number of alkyl halides is 3. The monoisotopic (exact) mass is 426 g/mol. The minimum atomic E-state index is -4.70. The molecule has 0 saturated carbocycles. The second-order valence-corrected chi connectivity index (χ2v) is 6.24. The molecule has 0 N–H and O–H groups in total. The normalized spacial score (nSPS) is 11.9. The third-order valence-electron chi connectivity index (χ3n) is 3.64. The van der Waals surface area contributed by atoms with Crippen molar-refractivity contribution in [2.24, 2.45) is 0 Å². The molecular formula is C20H21F3N2O5. The highest BCUT2D eigenvalue weighted by atomic mass is 19.4. The van der Waals surface area contributed by atoms with Crippen LogP contribution in [0, 0.1) is 0 Å². The maximum absolute atomic E-state index is 13.2. The zero-order valence-corrected chi connectivity index (χ0v) is 16.8. The zero-order valence-electron chi connectivity index (χ0n) is 16.8. The van der Waals surface area contributed by atoms with Crippen LogP contribution in [0.5, 0.6) is 11.9 Å². The SMILES string of the molecule is COC=C(C(=O)OC)c1ccccc1COc1cc(C(F)(F)F)nc(OC(C)C)n1. The highest BCUT2D eigenvalue weighted by molar-refractivity contribution is 6.16. The topological polar surface area (TPSA) is 79.8 Å². The van der Waals surface area contributed by atoms with Crippen LogP contribution in [0.4, 0.5) is 13.2 Å². The molecular weight excluding hydrogens is 405 g/mol. The molecule has 0 fully saturated rings. The number of rotatable bonds is 8. The van der Waals surface area contributed by atoms with Crippen LogP contribution in [0.2, 0.25) is 0 Å². The van der Waals surface area contributed by atoms with E-state index in [1.54, 1.807) is 38.1 Å². The summed E-state index contributed by atoms with van der Waals surface area (Å²) in [4.78, 5) is 19.3. The number of halogens is 3. The molecule has 7 nitrogen and oxygen atoms in total. The molecule has 0 unspecified atom stereocenters. The van der Waals surface area contributed by atoms with Crippen LogP contribution in [-0.2, 0) is 27.1 Å². The van der Waals surface area contributed by atoms with Crippen molar-refractivity contribution in [3.8, 4) is 11.9 Å². The zero-order chi connectivity index (χ0) is 22.3. The summed E-state index contributed by atoms with van der Waals surface area (Å²) in [6.07, 6.45) is -3.91. The Morgan fingerprint density at radius 3 is 2.47 bits per heavy atom. The third kappa shape index (κ3) is 6.10. The van der Waals surface area contributed by atoms with Crippen LogP contribution >= 0.6 is 0 Å². The minimum absolute atomic E-state index is 0.127. The van der Waals surface area contributed by atoms with Gasteiger partial charge < -0.3 is 18.9 Å². The minimum Gasteiger partial charge on any atom is -0.503 e. The van der Waals surface area contributed by atoms with E-state index in [1.165, 1.54) is 20.5 Å². The van der Waals surface area contributed by atoms with Crippen LogP contribution in [0.1, 0.15) is 30.7 Å². The van der Waals surface area contributed by atoms with Gasteiger partial charge in [-0.2, -0.15) is 23.1 Å². The molecule has 0 aliphatic rings. The maximum Gasteiger partial charge on any atom is 0.433 e. The molecule has 0 aliphatic carbocycles. The fraction of sp³-hybridized carbons (Fsp3) is 0.350. The van der Waals surface area contributed by atoms with Gasteiger partial charge in [-0.15, -0.1) is 0 Å². The van der Waals surface area contributed by atoms with Gasteiger partial charge in [-0.25, -0.2) is 4.79 Å². The molecule has 0 spiro atoms. The molecule has 0 atom stereocenters. The molecule has 0 amide bonds. The van der Waals surface area contributed by atoms with Gasteiger partial charge in [0.1, 0.15) is 12.2 Å². The molecule has 1 heterocycles. The van der Waals surface area contributed by atoms with Crippen molar-refractivity contribution in [3.63, 3.8) is 0 Å². The molecule has 2 aromatic rings. The smallest absolute Gasteiger partial charge is 0.433 e. The molecule has 0 bridgehead atoms. The van der Waals surface area contributed by atoms with E-state index in [1.807, 2.05) is 0 Å². The molecule has 1 aromatic carbocycles. The molecule has 10 heteroatoms. The average molecular weight is 426 g/mol. The van der Waals surface area contributed by atoms with E-state index in [4.69, 9.17) is 18.9 Å². The average Bonchev–Trinajstić information content (AvgIpc) is 2.69. The van der Waals surface area contributed by atoms with Crippen molar-refractivity contribution in [2.75, 3.05) is 14.2 Å². The van der Waals surface area contributed by atoms with Gasteiger partial charge in [0, 0.05) is 6.07 Å². The number of aromatic nitrogens is 2. The van der Waals surface area contributed by atoms with E-state index in [9.17, 15) is 18.0 Å². The van der Waals surface area contributed by atoms with Crippen LogP contribution in [-0.4, -0.2) is 36.3 Å². The number of hydrogen-bond donors (Lipinski definition) is 0. The Bertz CT molecular complexity index is 914. The Labute approximate surface area is 171 Å². The summed E-state index contributed by atoms with van der Waals surface area (Å²) in [7, 11) is 2.60. The fourth-order valence-corrected chi connectivity index (χ4v) is 2.40. The van der Waals surface area contributed by atoms with E-state index in [0.717, 1.165) is 0 Å². The number of carbonyl (C=O) groups is 1. The van der Waals surface area contributed by atoms with Gasteiger partial charge in [-0.3, -0.25) is 0 Å². The molecule has 0 aliphatic heterocycles. The quantitative estimate of drug-likeness (QED) is 0.358. The van der Waals surface area contributed by atoms with Gasteiger partial charge in [0.05, 0.1) is 26.6 Å². The Hall–Kier alpha value is -3.30. The Morgan fingerprint density at radius 1 is 1.17 bits per heavy atom.